The van der Waals surface area contributed by atoms with Crippen LogP contribution in [-0.2, 0) is 11.2 Å². The highest BCUT2D eigenvalue weighted by Crippen LogP contribution is 2.33. The maximum atomic E-state index is 12.2. The standard InChI is InChI=1S/C25H26O2/c1-3-8-19-16-21(12-14-23(19)26)25(18-10-6-5-7-11-18)22-13-15-24(27)20(17-22)9-4-2/h5-7,10-17,26H,3-4,8-9H2,1-2H3/b25-22+. The molecule has 138 valence electrons. The van der Waals surface area contributed by atoms with Gasteiger partial charge in [0.2, 0.25) is 0 Å². The average molecular weight is 358 g/mol. The molecule has 2 aromatic rings. The smallest absolute Gasteiger partial charge is 0.181 e. The first-order valence-corrected chi connectivity index (χ1v) is 9.69. The number of hydrogen-bond donors (Lipinski definition) is 1. The number of hydrogen-bond acceptors (Lipinski definition) is 2. The quantitative estimate of drug-likeness (QED) is 0.686. The third-order valence-corrected chi connectivity index (χ3v) is 4.82. The van der Waals surface area contributed by atoms with Crippen molar-refractivity contribution in [1.29, 1.82) is 0 Å². The van der Waals surface area contributed by atoms with Crippen molar-refractivity contribution in [3.8, 4) is 5.75 Å². The van der Waals surface area contributed by atoms with Crippen LogP contribution in [0.1, 0.15) is 49.8 Å². The van der Waals surface area contributed by atoms with Crippen molar-refractivity contribution in [2.45, 2.75) is 39.5 Å². The second kappa shape index (κ2) is 8.68. The van der Waals surface area contributed by atoms with Crippen molar-refractivity contribution in [1.82, 2.24) is 0 Å². The van der Waals surface area contributed by atoms with Crippen LogP contribution in [0.2, 0.25) is 0 Å². The largest absolute Gasteiger partial charge is 0.508 e. The highest BCUT2D eigenvalue weighted by molar-refractivity contribution is 6.07. The summed E-state index contributed by atoms with van der Waals surface area (Å²) in [6, 6.07) is 16.0. The molecule has 1 N–H and O–H groups in total. The number of ketones is 1. The van der Waals surface area contributed by atoms with E-state index in [1.165, 1.54) is 0 Å². The Balaban J connectivity index is 2.21. The zero-order valence-electron chi connectivity index (χ0n) is 16.0. The third-order valence-electron chi connectivity index (χ3n) is 4.82. The molecule has 27 heavy (non-hydrogen) atoms. The van der Waals surface area contributed by atoms with Gasteiger partial charge in [-0.15, -0.1) is 0 Å². The molecular formula is C25H26O2. The predicted molar refractivity (Wildman–Crippen MR) is 112 cm³/mol. The molecule has 0 saturated carbocycles. The minimum Gasteiger partial charge on any atom is -0.508 e. The first-order chi connectivity index (χ1) is 13.1. The second-order valence-electron chi connectivity index (χ2n) is 6.91. The lowest BCUT2D eigenvalue weighted by Gasteiger charge is -2.17. The molecule has 0 bridgehead atoms. The maximum Gasteiger partial charge on any atom is 0.181 e. The molecular weight excluding hydrogens is 332 g/mol. The summed E-state index contributed by atoms with van der Waals surface area (Å²) < 4.78 is 0. The Labute approximate surface area is 161 Å². The number of allylic oxidation sites excluding steroid dienone is 5. The van der Waals surface area contributed by atoms with Gasteiger partial charge in [-0.25, -0.2) is 0 Å². The third kappa shape index (κ3) is 4.28. The van der Waals surface area contributed by atoms with Crippen LogP contribution in [0.3, 0.4) is 0 Å². The van der Waals surface area contributed by atoms with Crippen molar-refractivity contribution < 1.29 is 9.90 Å². The van der Waals surface area contributed by atoms with Crippen molar-refractivity contribution in [2.24, 2.45) is 0 Å². The molecule has 0 amide bonds. The van der Waals surface area contributed by atoms with E-state index in [1.807, 2.05) is 36.4 Å². The van der Waals surface area contributed by atoms with E-state index in [2.05, 4.69) is 32.0 Å². The molecule has 3 rings (SSSR count). The van der Waals surface area contributed by atoms with Gasteiger partial charge in [0, 0.05) is 5.57 Å². The maximum absolute atomic E-state index is 12.2. The first-order valence-electron chi connectivity index (χ1n) is 9.69. The molecule has 2 aromatic carbocycles. The monoisotopic (exact) mass is 358 g/mol. The van der Waals surface area contributed by atoms with E-state index >= 15 is 0 Å². The Bertz CT molecular complexity index is 915. The van der Waals surface area contributed by atoms with Gasteiger partial charge in [0.1, 0.15) is 5.75 Å². The number of phenolic OH excluding ortho intramolecular Hbond substituents is 1. The van der Waals surface area contributed by atoms with Crippen molar-refractivity contribution in [2.75, 3.05) is 0 Å². The molecule has 0 heterocycles. The number of aromatic hydroxyl groups is 1. The Morgan fingerprint density at radius 3 is 2.33 bits per heavy atom. The molecule has 0 aliphatic heterocycles. The van der Waals surface area contributed by atoms with Crippen LogP contribution in [0.15, 0.2) is 77.9 Å². The van der Waals surface area contributed by atoms with Gasteiger partial charge in [-0.1, -0.05) is 69.2 Å². The van der Waals surface area contributed by atoms with E-state index in [1.54, 1.807) is 12.1 Å². The summed E-state index contributed by atoms with van der Waals surface area (Å²) in [4.78, 5) is 12.2. The fraction of sp³-hybridized carbons (Fsp3) is 0.240. The summed E-state index contributed by atoms with van der Waals surface area (Å²) in [6.45, 7) is 4.20. The SMILES string of the molecule is CCCC1=C/C(=C(\c2ccccc2)c2ccc(O)c(CCC)c2)C=CC1=O. The van der Waals surface area contributed by atoms with Gasteiger partial charge >= 0.3 is 0 Å². The fourth-order valence-electron chi connectivity index (χ4n) is 3.52. The van der Waals surface area contributed by atoms with Crippen LogP contribution < -0.4 is 0 Å². The van der Waals surface area contributed by atoms with Gasteiger partial charge in [-0.3, -0.25) is 4.79 Å². The predicted octanol–water partition coefficient (Wildman–Crippen LogP) is 6.01. The summed E-state index contributed by atoms with van der Waals surface area (Å²) in [7, 11) is 0. The number of aryl methyl sites for hydroxylation is 1. The molecule has 0 atom stereocenters. The van der Waals surface area contributed by atoms with Gasteiger partial charge in [0.25, 0.3) is 0 Å². The summed E-state index contributed by atoms with van der Waals surface area (Å²) in [6.07, 6.45) is 9.16. The van der Waals surface area contributed by atoms with Gasteiger partial charge in [0.15, 0.2) is 5.78 Å². The molecule has 0 spiro atoms. The summed E-state index contributed by atoms with van der Waals surface area (Å²) in [5.41, 5.74) is 6.10. The Hall–Kier alpha value is -2.87. The normalized spacial score (nSPS) is 15.6. The average Bonchev–Trinajstić information content (AvgIpc) is 2.68. The number of carbonyl (C=O) groups is 1. The number of phenols is 1. The Morgan fingerprint density at radius 1 is 0.889 bits per heavy atom. The summed E-state index contributed by atoms with van der Waals surface area (Å²) >= 11 is 0. The van der Waals surface area contributed by atoms with E-state index in [0.717, 1.165) is 59.1 Å². The summed E-state index contributed by atoms with van der Waals surface area (Å²) in [5, 5.41) is 10.2. The molecule has 2 nitrogen and oxygen atoms in total. The molecule has 0 unspecified atom stereocenters. The van der Waals surface area contributed by atoms with Crippen LogP contribution >= 0.6 is 0 Å². The van der Waals surface area contributed by atoms with Gasteiger partial charge in [-0.2, -0.15) is 0 Å². The van der Waals surface area contributed by atoms with Crippen molar-refractivity contribution in [3.05, 3.63) is 94.6 Å². The minimum atomic E-state index is 0.102. The lowest BCUT2D eigenvalue weighted by molar-refractivity contribution is -0.111. The topological polar surface area (TPSA) is 37.3 Å². The number of benzene rings is 2. The molecule has 0 aromatic heterocycles. The zero-order valence-corrected chi connectivity index (χ0v) is 16.0. The minimum absolute atomic E-state index is 0.102. The lowest BCUT2D eigenvalue weighted by Crippen LogP contribution is -2.05. The highest BCUT2D eigenvalue weighted by Gasteiger charge is 2.16. The molecule has 0 fully saturated rings. The van der Waals surface area contributed by atoms with Crippen molar-refractivity contribution >= 4 is 11.4 Å². The highest BCUT2D eigenvalue weighted by atomic mass is 16.3. The van der Waals surface area contributed by atoms with Gasteiger partial charge in [0.05, 0.1) is 0 Å². The van der Waals surface area contributed by atoms with Crippen LogP contribution in [0.25, 0.3) is 5.57 Å². The molecule has 0 saturated heterocycles. The number of carbonyl (C=O) groups excluding carboxylic acids is 1. The Morgan fingerprint density at radius 2 is 1.63 bits per heavy atom. The molecule has 1 aliphatic rings. The van der Waals surface area contributed by atoms with E-state index in [-0.39, 0.29) is 5.78 Å². The van der Waals surface area contributed by atoms with Gasteiger partial charge in [-0.05, 0) is 65.0 Å². The Kier molecular flexibility index (Phi) is 6.08. The second-order valence-corrected chi connectivity index (χ2v) is 6.91. The van der Waals surface area contributed by atoms with Crippen LogP contribution in [-0.4, -0.2) is 10.9 Å². The molecule has 1 aliphatic carbocycles. The van der Waals surface area contributed by atoms with Crippen LogP contribution in [0.5, 0.6) is 5.75 Å². The van der Waals surface area contributed by atoms with E-state index in [0.29, 0.717) is 5.75 Å². The molecule has 0 radical (unpaired) electrons. The first kappa shape index (κ1) is 18.9. The fourth-order valence-corrected chi connectivity index (χ4v) is 3.52. The summed E-state index contributed by atoms with van der Waals surface area (Å²) in [5.74, 6) is 0.444. The number of rotatable bonds is 6. The van der Waals surface area contributed by atoms with Gasteiger partial charge < -0.3 is 5.11 Å². The lowest BCUT2D eigenvalue weighted by atomic mass is 9.87. The zero-order chi connectivity index (χ0) is 19.2. The van der Waals surface area contributed by atoms with E-state index in [9.17, 15) is 9.90 Å². The van der Waals surface area contributed by atoms with Crippen LogP contribution in [0, 0.1) is 0 Å². The van der Waals surface area contributed by atoms with Crippen molar-refractivity contribution in [3.63, 3.8) is 0 Å². The van der Waals surface area contributed by atoms with E-state index < -0.39 is 0 Å². The van der Waals surface area contributed by atoms with Crippen LogP contribution in [0.4, 0.5) is 0 Å². The molecule has 2 heteroatoms. The van der Waals surface area contributed by atoms with E-state index in [4.69, 9.17) is 0 Å².